The molecule has 0 bridgehead atoms. The van der Waals surface area contributed by atoms with Crippen molar-refractivity contribution in [1.82, 2.24) is 5.32 Å². The molecular weight excluding hydrogens is 177 g/mol. The van der Waals surface area contributed by atoms with Crippen molar-refractivity contribution in [2.24, 2.45) is 0 Å². The largest absolute Gasteiger partial charge is 0.313 e. The van der Waals surface area contributed by atoms with Gasteiger partial charge in [0.1, 0.15) is 5.82 Å². The third kappa shape index (κ3) is 1.34. The minimum atomic E-state index is -0.0782. The molecule has 1 fully saturated rings. The van der Waals surface area contributed by atoms with E-state index in [-0.39, 0.29) is 11.2 Å². The van der Waals surface area contributed by atoms with Gasteiger partial charge in [-0.25, -0.2) is 4.39 Å². The zero-order chi connectivity index (χ0) is 10.2. The molecule has 1 aliphatic heterocycles. The lowest BCUT2D eigenvalue weighted by atomic mass is 9.76. The molecule has 2 rings (SSSR count). The summed E-state index contributed by atoms with van der Waals surface area (Å²) in [6.07, 6.45) is 1.01. The number of hydrogen-bond donors (Lipinski definition) is 1. The Morgan fingerprint density at radius 3 is 2.71 bits per heavy atom. The van der Waals surface area contributed by atoms with Gasteiger partial charge in [0, 0.05) is 11.5 Å². The minimum Gasteiger partial charge on any atom is -0.313 e. The molecule has 2 atom stereocenters. The number of nitrogens with one attached hydrogen (secondary N) is 1. The Kier molecular flexibility index (Phi) is 2.31. The summed E-state index contributed by atoms with van der Waals surface area (Å²) in [7, 11) is 0. The van der Waals surface area contributed by atoms with Crippen molar-refractivity contribution in [3.8, 4) is 0 Å². The van der Waals surface area contributed by atoms with Crippen molar-refractivity contribution in [2.45, 2.75) is 31.7 Å². The first kappa shape index (κ1) is 9.66. The van der Waals surface area contributed by atoms with Gasteiger partial charge in [-0.05, 0) is 31.5 Å². The van der Waals surface area contributed by atoms with Gasteiger partial charge in [-0.1, -0.05) is 25.1 Å². The van der Waals surface area contributed by atoms with Crippen LogP contribution >= 0.6 is 0 Å². The normalized spacial score (nSPS) is 32.1. The summed E-state index contributed by atoms with van der Waals surface area (Å²) in [5, 5.41) is 3.37. The maximum Gasteiger partial charge on any atom is 0.127 e. The lowest BCUT2D eigenvalue weighted by Gasteiger charge is -2.29. The van der Waals surface area contributed by atoms with Crippen LogP contribution in [0.3, 0.4) is 0 Å². The van der Waals surface area contributed by atoms with Crippen molar-refractivity contribution in [1.29, 1.82) is 0 Å². The van der Waals surface area contributed by atoms with Crippen molar-refractivity contribution in [3.05, 3.63) is 35.6 Å². The summed E-state index contributed by atoms with van der Waals surface area (Å²) in [5.74, 6) is -0.0782. The third-order valence-corrected chi connectivity index (χ3v) is 3.54. The Morgan fingerprint density at radius 1 is 1.43 bits per heavy atom. The highest BCUT2D eigenvalue weighted by atomic mass is 19.1. The molecule has 0 amide bonds. The predicted molar refractivity (Wildman–Crippen MR) is 55.8 cm³/mol. The molecule has 2 unspecified atom stereocenters. The fourth-order valence-electron chi connectivity index (χ4n) is 2.28. The predicted octanol–water partition coefficient (Wildman–Crippen LogP) is 2.47. The third-order valence-electron chi connectivity index (χ3n) is 3.54. The van der Waals surface area contributed by atoms with Gasteiger partial charge in [-0.15, -0.1) is 0 Å². The molecule has 1 saturated heterocycles. The highest BCUT2D eigenvalue weighted by Gasteiger charge is 2.38. The van der Waals surface area contributed by atoms with Crippen LogP contribution in [0.5, 0.6) is 0 Å². The summed E-state index contributed by atoms with van der Waals surface area (Å²) >= 11 is 0. The van der Waals surface area contributed by atoms with Gasteiger partial charge < -0.3 is 5.32 Å². The lowest BCUT2D eigenvalue weighted by molar-refractivity contribution is 0.406. The van der Waals surface area contributed by atoms with E-state index in [1.54, 1.807) is 12.1 Å². The van der Waals surface area contributed by atoms with E-state index in [1.807, 2.05) is 12.1 Å². The van der Waals surface area contributed by atoms with Crippen LogP contribution in [-0.2, 0) is 5.41 Å². The molecule has 1 aliphatic rings. The van der Waals surface area contributed by atoms with Crippen LogP contribution < -0.4 is 5.32 Å². The lowest BCUT2D eigenvalue weighted by Crippen LogP contribution is -2.35. The highest BCUT2D eigenvalue weighted by Crippen LogP contribution is 2.36. The summed E-state index contributed by atoms with van der Waals surface area (Å²) in [6, 6.07) is 7.45. The average molecular weight is 193 g/mol. The quantitative estimate of drug-likeness (QED) is 0.722. The van der Waals surface area contributed by atoms with Gasteiger partial charge >= 0.3 is 0 Å². The maximum atomic E-state index is 13.6. The van der Waals surface area contributed by atoms with Crippen LogP contribution in [0.25, 0.3) is 0 Å². The molecule has 76 valence electrons. The zero-order valence-electron chi connectivity index (χ0n) is 8.68. The van der Waals surface area contributed by atoms with Crippen molar-refractivity contribution < 1.29 is 4.39 Å². The molecule has 0 aromatic heterocycles. The second-order valence-electron chi connectivity index (χ2n) is 4.32. The fourth-order valence-corrected chi connectivity index (χ4v) is 2.28. The molecule has 0 saturated carbocycles. The monoisotopic (exact) mass is 193 g/mol. The Bertz CT molecular complexity index is 337. The minimum absolute atomic E-state index is 0.0503. The molecule has 1 aromatic carbocycles. The Labute approximate surface area is 84.3 Å². The Balaban J connectivity index is 2.43. The summed E-state index contributed by atoms with van der Waals surface area (Å²) < 4.78 is 13.6. The number of halogens is 1. The molecule has 14 heavy (non-hydrogen) atoms. The van der Waals surface area contributed by atoms with Gasteiger partial charge in [-0.2, -0.15) is 0 Å². The van der Waals surface area contributed by atoms with Crippen molar-refractivity contribution in [3.63, 3.8) is 0 Å². The molecule has 1 heterocycles. The van der Waals surface area contributed by atoms with E-state index in [4.69, 9.17) is 0 Å². The molecule has 0 aliphatic carbocycles. The molecule has 0 radical (unpaired) electrons. The SMILES string of the molecule is CC1NCCC1(C)c1ccccc1F. The smallest absolute Gasteiger partial charge is 0.127 e. The fraction of sp³-hybridized carbons (Fsp3) is 0.500. The van der Waals surface area contributed by atoms with Gasteiger partial charge in [0.25, 0.3) is 0 Å². The average Bonchev–Trinajstić information content (AvgIpc) is 2.49. The molecule has 1 N–H and O–H groups in total. The van der Waals surface area contributed by atoms with E-state index in [9.17, 15) is 4.39 Å². The first-order valence-corrected chi connectivity index (χ1v) is 5.13. The number of hydrogen-bond acceptors (Lipinski definition) is 1. The molecule has 0 spiro atoms. The summed E-state index contributed by atoms with van der Waals surface area (Å²) in [6.45, 7) is 5.24. The first-order valence-electron chi connectivity index (χ1n) is 5.13. The first-order chi connectivity index (χ1) is 6.64. The summed E-state index contributed by atoms with van der Waals surface area (Å²) in [5.41, 5.74) is 0.795. The van der Waals surface area contributed by atoms with Crippen molar-refractivity contribution >= 4 is 0 Å². The number of rotatable bonds is 1. The molecule has 1 aromatic rings. The Hall–Kier alpha value is -0.890. The summed E-state index contributed by atoms with van der Waals surface area (Å²) in [4.78, 5) is 0. The van der Waals surface area contributed by atoms with E-state index < -0.39 is 0 Å². The second kappa shape index (κ2) is 3.35. The maximum absolute atomic E-state index is 13.6. The van der Waals surface area contributed by atoms with E-state index >= 15 is 0 Å². The van der Waals surface area contributed by atoms with Gasteiger partial charge in [0.15, 0.2) is 0 Å². The van der Waals surface area contributed by atoms with Crippen LogP contribution in [0.4, 0.5) is 4.39 Å². The number of benzene rings is 1. The Morgan fingerprint density at radius 2 is 2.14 bits per heavy atom. The van der Waals surface area contributed by atoms with E-state index in [2.05, 4.69) is 19.2 Å². The standard InChI is InChI=1S/C12H16FN/c1-9-12(2,7-8-14-9)10-5-3-4-6-11(10)13/h3-6,9,14H,7-8H2,1-2H3. The topological polar surface area (TPSA) is 12.0 Å². The van der Waals surface area contributed by atoms with Crippen LogP contribution in [0.1, 0.15) is 25.8 Å². The zero-order valence-corrected chi connectivity index (χ0v) is 8.68. The van der Waals surface area contributed by atoms with Gasteiger partial charge in [0.2, 0.25) is 0 Å². The van der Waals surface area contributed by atoms with Crippen LogP contribution in [0.2, 0.25) is 0 Å². The van der Waals surface area contributed by atoms with E-state index in [0.717, 1.165) is 18.5 Å². The van der Waals surface area contributed by atoms with Crippen LogP contribution in [-0.4, -0.2) is 12.6 Å². The van der Waals surface area contributed by atoms with Gasteiger partial charge in [-0.3, -0.25) is 0 Å². The molecular formula is C12H16FN. The van der Waals surface area contributed by atoms with E-state index in [1.165, 1.54) is 0 Å². The van der Waals surface area contributed by atoms with E-state index in [0.29, 0.717) is 6.04 Å². The molecule has 1 nitrogen and oxygen atoms in total. The van der Waals surface area contributed by atoms with Crippen LogP contribution in [0.15, 0.2) is 24.3 Å². The van der Waals surface area contributed by atoms with Gasteiger partial charge in [0.05, 0.1) is 0 Å². The second-order valence-corrected chi connectivity index (χ2v) is 4.32. The van der Waals surface area contributed by atoms with Crippen LogP contribution in [0, 0.1) is 5.82 Å². The highest BCUT2D eigenvalue weighted by molar-refractivity contribution is 5.29. The van der Waals surface area contributed by atoms with Crippen molar-refractivity contribution in [2.75, 3.05) is 6.54 Å². The molecule has 2 heteroatoms.